The molecule has 0 aromatic heterocycles. The number of carboxylic acid groups (broad SMARTS) is 5. The summed E-state index contributed by atoms with van der Waals surface area (Å²) in [5.74, 6) is -27.1. The van der Waals surface area contributed by atoms with Gasteiger partial charge in [-0.2, -0.15) is 0 Å². The zero-order valence-corrected chi connectivity index (χ0v) is 83.7. The fourth-order valence-corrected chi connectivity index (χ4v) is 14.6. The van der Waals surface area contributed by atoms with Crippen molar-refractivity contribution < 1.29 is 136 Å². The van der Waals surface area contributed by atoms with Crippen molar-refractivity contribution in [2.24, 2.45) is 40.4 Å². The van der Waals surface area contributed by atoms with Crippen LogP contribution in [0, 0.1) is 28.6 Å². The van der Waals surface area contributed by atoms with Gasteiger partial charge < -0.3 is 144 Å². The van der Waals surface area contributed by atoms with Gasteiger partial charge in [-0.05, 0) is 138 Å². The summed E-state index contributed by atoms with van der Waals surface area (Å²) in [4.78, 5) is 301. The molecule has 17 amide bonds. The van der Waals surface area contributed by atoms with E-state index in [1.165, 1.54) is 20.9 Å². The number of hydrogen-bond acceptors (Lipinski definition) is 26. The van der Waals surface area contributed by atoms with Crippen LogP contribution in [0.15, 0.2) is 60.7 Å². The number of aliphatic hydroxyl groups is 1. The maximum absolute atomic E-state index is 14.8. The molecule has 31 N–H and O–H groups in total. The number of unbranched alkanes of at least 4 members (excludes halogenated alkanes) is 2. The highest BCUT2D eigenvalue weighted by Crippen LogP contribution is 2.23. The number of carboxylic acids is 5. The molecule has 0 radical (unpaired) electrons. The number of carbonyl (C=O) groups excluding carboxylic acids is 17. The lowest BCUT2D eigenvalue weighted by molar-refractivity contribution is -0.140. The molecule has 0 saturated carbocycles. The van der Waals surface area contributed by atoms with Crippen LogP contribution in [-0.4, -0.2) is 290 Å². The maximum Gasteiger partial charge on any atom is 0.305 e. The zero-order valence-electron chi connectivity index (χ0n) is 83.7. The van der Waals surface area contributed by atoms with E-state index >= 15 is 0 Å². The molecule has 50 heteroatoms. The highest BCUT2D eigenvalue weighted by Gasteiger charge is 2.41. The van der Waals surface area contributed by atoms with Crippen LogP contribution in [0.1, 0.15) is 229 Å². The maximum atomic E-state index is 14.8. The van der Waals surface area contributed by atoms with Gasteiger partial charge in [0.15, 0.2) is 5.96 Å². The molecule has 0 spiro atoms. The first-order chi connectivity index (χ1) is 67.6. The first kappa shape index (κ1) is 126. The Balaban J connectivity index is 2.57. The van der Waals surface area contributed by atoms with E-state index in [2.05, 4.69) is 95.7 Å². The van der Waals surface area contributed by atoms with Gasteiger partial charge in [-0.15, -0.1) is 0 Å². The van der Waals surface area contributed by atoms with Crippen molar-refractivity contribution in [2.75, 3.05) is 26.7 Å². The van der Waals surface area contributed by atoms with Gasteiger partial charge in [0.05, 0.1) is 19.1 Å². The average molecular weight is 2040 g/mol. The second-order valence-electron chi connectivity index (χ2n) is 37.4. The van der Waals surface area contributed by atoms with Gasteiger partial charge in [0.1, 0.15) is 90.6 Å². The van der Waals surface area contributed by atoms with Gasteiger partial charge in [-0.1, -0.05) is 143 Å². The first-order valence-electron chi connectivity index (χ1n) is 48.0. The van der Waals surface area contributed by atoms with Gasteiger partial charge in [-0.3, -0.25) is 111 Å². The second kappa shape index (κ2) is 65.9. The lowest BCUT2D eigenvalue weighted by atomic mass is 9.87. The fourth-order valence-electron chi connectivity index (χ4n) is 14.6. The van der Waals surface area contributed by atoms with E-state index in [4.69, 9.17) is 22.6 Å². The van der Waals surface area contributed by atoms with Gasteiger partial charge >= 0.3 is 29.8 Å². The summed E-state index contributed by atoms with van der Waals surface area (Å²) >= 11 is 0. The molecule has 0 fully saturated rings. The lowest BCUT2D eigenvalue weighted by Crippen LogP contribution is -2.61. The van der Waals surface area contributed by atoms with Gasteiger partial charge in [0, 0.05) is 58.7 Å². The number of amides is 17. The third kappa shape index (κ3) is 51.1. The van der Waals surface area contributed by atoms with E-state index in [0.717, 1.165) is 6.92 Å². The van der Waals surface area contributed by atoms with E-state index < -0.39 is 315 Å². The summed E-state index contributed by atoms with van der Waals surface area (Å²) in [6.45, 7) is 17.0. The molecule has 144 heavy (non-hydrogen) atoms. The Kier molecular flexibility index (Phi) is 57.7. The van der Waals surface area contributed by atoms with Crippen LogP contribution in [0.4, 0.5) is 0 Å². The molecule has 0 aliphatic carbocycles. The standard InChI is InChI=1S/C94H150N22O28/c1-13-14-28-56(103-83(135)60(31-36-70(96)118)106-81(133)57(29-21-22-41-95)104-91(143)69(49-117)115-88(140)66(44-51(4)5)112-86(138)64(46-75(127)128)101-48-55-26-19-16-20-27-55)80(132)108-62(34-39-73(123)124)85(137)109-63(35-40-74(125)126)84(136)107-61(33-38-72(121)122)79(131)102-53(8)77(129)116-76(52(6)7)92(144)110-58(30-23-42-100-93(97)98)82(134)111-65(43-50(2)3)87(139)113-67(45-54-24-17-15-18-25-54)89(141)114-68(47-94(9,10)11)90(142)105-59(78(130)99-12)32-37-71(119)120/h15-20,24-27,50-53,56-69,76,101,117H,13-14,21-23,28-49,95H2,1-12H3,(H2,96,118)(H,99,130)(H,102,131)(H,103,135)(H,104,143)(H,105,142)(H,106,133)(H,107,136)(H,108,132)(H,109,137)(H,110,144)(H,111,134)(H,112,138)(H,113,139)(H,114,141)(H,115,140)(H,116,129)(H,119,120)(H,121,122)(H,123,124)(H,125,126)(H,127,128)(H4,97,98,100)/t53-,56-,57-,58+,59-,60-,61-,62-,63-,64-,65-,66-,67-,68-,69-,76-/m0/s1. The van der Waals surface area contributed by atoms with Gasteiger partial charge in [0.2, 0.25) is 100 Å². The number of guanidine groups is 1. The molecule has 16 atom stereocenters. The highest BCUT2D eigenvalue weighted by atomic mass is 16.4. The van der Waals surface area contributed by atoms with E-state index in [0.29, 0.717) is 17.5 Å². The van der Waals surface area contributed by atoms with Crippen LogP contribution < -0.4 is 113 Å². The van der Waals surface area contributed by atoms with E-state index in [9.17, 15) is 136 Å². The third-order valence-corrected chi connectivity index (χ3v) is 22.3. The van der Waals surface area contributed by atoms with Crippen molar-refractivity contribution >= 4 is 136 Å². The third-order valence-electron chi connectivity index (χ3n) is 22.3. The topological polar surface area (TPSA) is 815 Å². The molecular weight excluding hydrogens is 1890 g/mol. The molecule has 0 saturated heterocycles. The molecule has 2 rings (SSSR count). The Morgan fingerprint density at radius 3 is 1.05 bits per heavy atom. The molecule has 50 nitrogen and oxygen atoms in total. The molecule has 0 bridgehead atoms. The average Bonchev–Trinajstić information content (AvgIpc) is 0.852. The predicted molar refractivity (Wildman–Crippen MR) is 521 cm³/mol. The zero-order chi connectivity index (χ0) is 109. The highest BCUT2D eigenvalue weighted by molar-refractivity contribution is 6.02. The van der Waals surface area contributed by atoms with Crippen LogP contribution in [0.3, 0.4) is 0 Å². The molecule has 2 aromatic carbocycles. The SMILES string of the molecule is CCCC[C@H](NC(=O)[C@H](CCC(N)=O)NC(=O)[C@H](CCCCN)NC(=O)[C@H](CO)NC(=O)[C@H](CC(C)C)NC(=O)[C@H](CC(=O)O)NCc1ccccc1)C(=O)N[C@@H](CCC(=O)O)C(=O)N[C@@H](CCC(=O)O)C(=O)N[C@@H](CCC(=O)O)C(=O)N[C@@H](C)C(=O)N[C@H](C(=O)N[C@H](CCCNC(=N)N)C(=O)N[C@@H](CC(C)C)C(=O)N[C@@H](Cc1ccccc1)C(=O)N[C@@H](CC(C)(C)C)C(=O)N[C@@H](CCC(=O)O)C(=O)NC)C(C)C. The van der Waals surface area contributed by atoms with Crippen molar-refractivity contribution in [1.82, 2.24) is 95.7 Å². The number of likely N-dealkylation sites (N-methyl/N-ethyl adjacent to an activating group) is 1. The number of hydrogen-bond donors (Lipinski definition) is 28. The molecule has 0 aliphatic rings. The monoisotopic (exact) mass is 2040 g/mol. The summed E-state index contributed by atoms with van der Waals surface area (Å²) in [6.07, 6.45) is -7.82. The van der Waals surface area contributed by atoms with E-state index in [1.54, 1.807) is 116 Å². The Morgan fingerprint density at radius 2 is 0.681 bits per heavy atom. The minimum Gasteiger partial charge on any atom is -0.481 e. The number of aliphatic carboxylic acids is 5. The van der Waals surface area contributed by atoms with Gasteiger partial charge in [-0.25, -0.2) is 0 Å². The van der Waals surface area contributed by atoms with Crippen LogP contribution in [0.25, 0.3) is 0 Å². The quantitative estimate of drug-likeness (QED) is 0.0173. The number of primary amides is 1. The van der Waals surface area contributed by atoms with Gasteiger partial charge in [0.25, 0.3) is 0 Å². The van der Waals surface area contributed by atoms with Crippen molar-refractivity contribution in [2.45, 2.75) is 327 Å². The molecule has 804 valence electrons. The minimum absolute atomic E-state index is 0.0211. The van der Waals surface area contributed by atoms with Crippen LogP contribution in [0.5, 0.6) is 0 Å². The number of benzene rings is 2. The Bertz CT molecular complexity index is 4640. The van der Waals surface area contributed by atoms with Crippen molar-refractivity contribution in [3.8, 4) is 0 Å². The molecule has 2 aromatic rings. The number of rotatable bonds is 71. The van der Waals surface area contributed by atoms with Crippen molar-refractivity contribution in [1.29, 1.82) is 5.41 Å². The summed E-state index contributed by atoms with van der Waals surface area (Å²) in [5, 5.41) is 112. The Labute approximate surface area is 835 Å². The van der Waals surface area contributed by atoms with E-state index in [-0.39, 0.29) is 109 Å². The summed E-state index contributed by atoms with van der Waals surface area (Å²) in [7, 11) is 1.29. The van der Waals surface area contributed by atoms with Crippen LogP contribution >= 0.6 is 0 Å². The summed E-state index contributed by atoms with van der Waals surface area (Å²) in [6, 6.07) is -8.99. The number of nitrogens with two attached hydrogens (primary N) is 3. The summed E-state index contributed by atoms with van der Waals surface area (Å²) < 4.78 is 0. The molecule has 0 heterocycles. The largest absolute Gasteiger partial charge is 0.481 e. The molecule has 0 unspecified atom stereocenters. The fraction of sp³-hybridized carbons (Fsp3) is 0.628. The lowest BCUT2D eigenvalue weighted by Gasteiger charge is -2.30. The first-order valence-corrected chi connectivity index (χ1v) is 48.0. The number of carbonyl (C=O) groups is 22. The Morgan fingerprint density at radius 1 is 0.354 bits per heavy atom. The second-order valence-corrected chi connectivity index (χ2v) is 37.4. The number of nitrogens with one attached hydrogen (secondary N) is 19. The predicted octanol–water partition coefficient (Wildman–Crippen LogP) is -3.62. The smallest absolute Gasteiger partial charge is 0.305 e. The summed E-state index contributed by atoms with van der Waals surface area (Å²) in [5.41, 5.74) is 17.4. The number of aliphatic hydroxyl groups excluding tert-OH is 1. The van der Waals surface area contributed by atoms with Crippen molar-refractivity contribution in [3.63, 3.8) is 0 Å². The Hall–Kier alpha value is -14.1. The van der Waals surface area contributed by atoms with Crippen LogP contribution in [-0.2, 0) is 118 Å². The van der Waals surface area contributed by atoms with E-state index in [1.807, 2.05) is 0 Å². The van der Waals surface area contributed by atoms with Crippen LogP contribution in [0.2, 0.25) is 0 Å². The molecule has 0 aliphatic heterocycles. The normalized spacial score (nSPS) is 14.6. The molecular formula is C94H150N22O28. The van der Waals surface area contributed by atoms with Crippen molar-refractivity contribution in [3.05, 3.63) is 71.8 Å². The minimum atomic E-state index is -2.03.